The Labute approximate surface area is 116 Å². The monoisotopic (exact) mass is 310 g/mol. The molecule has 0 fully saturated rings. The fourth-order valence-electron chi connectivity index (χ4n) is 1.58. The second-order valence-electron chi connectivity index (χ2n) is 4.21. The molecule has 0 unspecified atom stereocenters. The van der Waals surface area contributed by atoms with Crippen molar-refractivity contribution in [2.75, 3.05) is 20.1 Å². The lowest BCUT2D eigenvalue weighted by Crippen LogP contribution is -2.31. The predicted molar refractivity (Wildman–Crippen MR) is 69.6 cm³/mol. The van der Waals surface area contributed by atoms with Crippen LogP contribution in [0.4, 0.5) is 13.2 Å². The van der Waals surface area contributed by atoms with Crippen LogP contribution in [0.1, 0.15) is 12.5 Å². The van der Waals surface area contributed by atoms with Gasteiger partial charge in [0.25, 0.3) is 6.43 Å². The third kappa shape index (κ3) is 4.19. The molecular formula is C12H17F3N2O2S. The average molecular weight is 310 g/mol. The average Bonchev–Trinajstić information content (AvgIpc) is 2.36. The van der Waals surface area contributed by atoms with Crippen molar-refractivity contribution in [3.8, 4) is 0 Å². The normalized spacial score (nSPS) is 12.3. The Morgan fingerprint density at radius 3 is 2.55 bits per heavy atom. The van der Waals surface area contributed by atoms with Crippen LogP contribution in [0.2, 0.25) is 0 Å². The third-order valence-electron chi connectivity index (χ3n) is 2.69. The van der Waals surface area contributed by atoms with Gasteiger partial charge >= 0.3 is 0 Å². The van der Waals surface area contributed by atoms with Gasteiger partial charge in [0.2, 0.25) is 10.0 Å². The van der Waals surface area contributed by atoms with Gasteiger partial charge in [-0.2, -0.15) is 4.31 Å². The maximum absolute atomic E-state index is 13.5. The van der Waals surface area contributed by atoms with Gasteiger partial charge in [0.05, 0.1) is 11.4 Å². The second kappa shape index (κ2) is 7.05. The highest BCUT2D eigenvalue weighted by Crippen LogP contribution is 2.19. The van der Waals surface area contributed by atoms with E-state index in [1.807, 2.05) is 6.92 Å². The molecule has 20 heavy (non-hydrogen) atoms. The molecule has 0 amide bonds. The molecule has 0 heterocycles. The number of hydrogen-bond donors (Lipinski definition) is 1. The van der Waals surface area contributed by atoms with Crippen LogP contribution in [0, 0.1) is 5.82 Å². The van der Waals surface area contributed by atoms with E-state index in [0.29, 0.717) is 10.8 Å². The standard InChI is InChI=1S/C12H17F3N2O2S/c1-3-16-7-9-6-10(4-5-11(9)13)20(18,19)17(2)8-12(14)15/h4-6,12,16H,3,7-8H2,1-2H3. The molecule has 0 aromatic heterocycles. The molecule has 0 radical (unpaired) electrons. The van der Waals surface area contributed by atoms with Crippen molar-refractivity contribution in [3.05, 3.63) is 29.6 Å². The van der Waals surface area contributed by atoms with Crippen molar-refractivity contribution in [1.29, 1.82) is 0 Å². The molecule has 1 N–H and O–H groups in total. The molecule has 0 bridgehead atoms. The number of hydrogen-bond acceptors (Lipinski definition) is 3. The first-order valence-electron chi connectivity index (χ1n) is 6.02. The molecule has 0 saturated heterocycles. The first kappa shape index (κ1) is 16.9. The Kier molecular flexibility index (Phi) is 5.97. The Bertz CT molecular complexity index is 550. The summed E-state index contributed by atoms with van der Waals surface area (Å²) >= 11 is 0. The molecule has 1 aromatic carbocycles. The van der Waals surface area contributed by atoms with Crippen LogP contribution in [-0.2, 0) is 16.6 Å². The van der Waals surface area contributed by atoms with Crippen LogP contribution in [0.3, 0.4) is 0 Å². The van der Waals surface area contributed by atoms with E-state index in [-0.39, 0.29) is 17.0 Å². The zero-order valence-corrected chi connectivity index (χ0v) is 12.1. The fraction of sp³-hybridized carbons (Fsp3) is 0.500. The second-order valence-corrected chi connectivity index (χ2v) is 6.26. The Morgan fingerprint density at radius 2 is 2.00 bits per heavy atom. The van der Waals surface area contributed by atoms with Gasteiger partial charge < -0.3 is 5.32 Å². The quantitative estimate of drug-likeness (QED) is 0.836. The number of nitrogens with zero attached hydrogens (tertiary/aromatic N) is 1. The Balaban J connectivity index is 3.06. The first-order valence-corrected chi connectivity index (χ1v) is 7.46. The number of nitrogens with one attached hydrogen (secondary N) is 1. The zero-order chi connectivity index (χ0) is 15.3. The minimum atomic E-state index is -4.04. The molecule has 8 heteroatoms. The molecule has 0 aliphatic rings. The molecular weight excluding hydrogens is 293 g/mol. The Hall–Kier alpha value is -1.12. The van der Waals surface area contributed by atoms with Gasteiger partial charge in [-0.3, -0.25) is 0 Å². The van der Waals surface area contributed by atoms with Crippen LogP contribution >= 0.6 is 0 Å². The van der Waals surface area contributed by atoms with Crippen molar-refractivity contribution < 1.29 is 21.6 Å². The van der Waals surface area contributed by atoms with Gasteiger partial charge in [0.15, 0.2) is 0 Å². The number of alkyl halides is 2. The van der Waals surface area contributed by atoms with Crippen molar-refractivity contribution in [2.45, 2.75) is 24.8 Å². The SMILES string of the molecule is CCNCc1cc(S(=O)(=O)N(C)CC(F)F)ccc1F. The maximum atomic E-state index is 13.5. The lowest BCUT2D eigenvalue weighted by atomic mass is 10.2. The first-order chi connectivity index (χ1) is 9.28. The predicted octanol–water partition coefficient (Wildman–Crippen LogP) is 1.82. The summed E-state index contributed by atoms with van der Waals surface area (Å²) in [7, 11) is -2.98. The molecule has 0 saturated carbocycles. The van der Waals surface area contributed by atoms with Crippen LogP contribution in [0.15, 0.2) is 23.1 Å². The summed E-state index contributed by atoms with van der Waals surface area (Å²) in [6, 6.07) is 3.26. The van der Waals surface area contributed by atoms with E-state index >= 15 is 0 Å². The highest BCUT2D eigenvalue weighted by Gasteiger charge is 2.24. The summed E-state index contributed by atoms with van der Waals surface area (Å²) in [5.74, 6) is -0.540. The van der Waals surface area contributed by atoms with Crippen LogP contribution in [0.5, 0.6) is 0 Å². The topological polar surface area (TPSA) is 49.4 Å². The Morgan fingerprint density at radius 1 is 1.35 bits per heavy atom. The third-order valence-corrected chi connectivity index (χ3v) is 4.51. The molecule has 4 nitrogen and oxygen atoms in total. The van der Waals surface area contributed by atoms with Gasteiger partial charge in [-0.25, -0.2) is 21.6 Å². The van der Waals surface area contributed by atoms with Gasteiger partial charge in [0.1, 0.15) is 5.82 Å². The van der Waals surface area contributed by atoms with Gasteiger partial charge in [0, 0.05) is 19.2 Å². The number of benzene rings is 1. The summed E-state index contributed by atoms with van der Waals surface area (Å²) in [6.45, 7) is 1.70. The number of halogens is 3. The minimum Gasteiger partial charge on any atom is -0.313 e. The summed E-state index contributed by atoms with van der Waals surface area (Å²) in [5, 5.41) is 2.88. The highest BCUT2D eigenvalue weighted by molar-refractivity contribution is 7.89. The van der Waals surface area contributed by atoms with E-state index in [1.165, 1.54) is 0 Å². The summed E-state index contributed by atoms with van der Waals surface area (Å²) in [6.07, 6.45) is -2.77. The van der Waals surface area contributed by atoms with Crippen LogP contribution in [-0.4, -0.2) is 39.3 Å². The summed E-state index contributed by atoms with van der Waals surface area (Å²) in [5.41, 5.74) is 0.179. The highest BCUT2D eigenvalue weighted by atomic mass is 32.2. The summed E-state index contributed by atoms with van der Waals surface area (Å²) in [4.78, 5) is -0.199. The van der Waals surface area contributed by atoms with Crippen LogP contribution in [0.25, 0.3) is 0 Å². The molecule has 1 aromatic rings. The summed E-state index contributed by atoms with van der Waals surface area (Å²) < 4.78 is 62.7. The lowest BCUT2D eigenvalue weighted by Gasteiger charge is -2.17. The molecule has 0 atom stereocenters. The van der Waals surface area contributed by atoms with E-state index in [2.05, 4.69) is 5.32 Å². The van der Waals surface area contributed by atoms with E-state index in [4.69, 9.17) is 0 Å². The smallest absolute Gasteiger partial charge is 0.252 e. The maximum Gasteiger partial charge on any atom is 0.252 e. The van der Waals surface area contributed by atoms with E-state index < -0.39 is 28.8 Å². The minimum absolute atomic E-state index is 0.171. The molecule has 1 rings (SSSR count). The van der Waals surface area contributed by atoms with E-state index in [0.717, 1.165) is 25.2 Å². The molecule has 0 spiro atoms. The number of sulfonamides is 1. The van der Waals surface area contributed by atoms with Crippen molar-refractivity contribution in [3.63, 3.8) is 0 Å². The van der Waals surface area contributed by atoms with E-state index in [1.54, 1.807) is 0 Å². The van der Waals surface area contributed by atoms with Gasteiger partial charge in [-0.15, -0.1) is 0 Å². The van der Waals surface area contributed by atoms with E-state index in [9.17, 15) is 21.6 Å². The lowest BCUT2D eigenvalue weighted by molar-refractivity contribution is 0.126. The molecule has 114 valence electrons. The van der Waals surface area contributed by atoms with Crippen molar-refractivity contribution in [2.24, 2.45) is 0 Å². The van der Waals surface area contributed by atoms with Crippen molar-refractivity contribution >= 4 is 10.0 Å². The molecule has 0 aliphatic heterocycles. The van der Waals surface area contributed by atoms with Crippen LogP contribution < -0.4 is 5.32 Å². The number of rotatable bonds is 7. The van der Waals surface area contributed by atoms with Crippen molar-refractivity contribution in [1.82, 2.24) is 9.62 Å². The molecule has 0 aliphatic carbocycles. The zero-order valence-electron chi connectivity index (χ0n) is 11.2. The van der Waals surface area contributed by atoms with Gasteiger partial charge in [-0.1, -0.05) is 6.92 Å². The largest absolute Gasteiger partial charge is 0.313 e. The van der Waals surface area contributed by atoms with Gasteiger partial charge in [-0.05, 0) is 24.7 Å². The fourth-order valence-corrected chi connectivity index (χ4v) is 2.78.